The summed E-state index contributed by atoms with van der Waals surface area (Å²) in [6.45, 7) is 1.79. The maximum absolute atomic E-state index is 5.73. The van der Waals surface area contributed by atoms with Crippen LogP contribution in [-0.4, -0.2) is 20.2 Å². The molecule has 1 aliphatic heterocycles. The first kappa shape index (κ1) is 11.4. The number of methoxy groups -OCH3 is 1. The molecule has 0 aliphatic carbocycles. The van der Waals surface area contributed by atoms with Crippen LogP contribution in [0.3, 0.4) is 0 Å². The van der Waals surface area contributed by atoms with Crippen molar-refractivity contribution in [2.24, 2.45) is 5.73 Å². The van der Waals surface area contributed by atoms with Crippen LogP contribution in [0.1, 0.15) is 24.8 Å². The van der Waals surface area contributed by atoms with Crippen LogP contribution < -0.4 is 15.8 Å². The van der Waals surface area contributed by atoms with Crippen molar-refractivity contribution in [2.45, 2.75) is 24.8 Å². The van der Waals surface area contributed by atoms with Gasteiger partial charge in [0.2, 0.25) is 0 Å². The van der Waals surface area contributed by atoms with Gasteiger partial charge in [0.1, 0.15) is 5.75 Å². The molecule has 1 unspecified atom stereocenters. The molecule has 1 aromatic carbocycles. The lowest BCUT2D eigenvalue weighted by atomic mass is 9.85. The minimum absolute atomic E-state index is 0.0727. The topological polar surface area (TPSA) is 47.3 Å². The molecule has 0 bridgehead atoms. The van der Waals surface area contributed by atoms with Crippen LogP contribution in [0.15, 0.2) is 24.3 Å². The van der Waals surface area contributed by atoms with E-state index in [2.05, 4.69) is 17.4 Å². The fourth-order valence-electron chi connectivity index (χ4n) is 2.58. The van der Waals surface area contributed by atoms with Crippen molar-refractivity contribution >= 4 is 0 Å². The second-order valence-corrected chi connectivity index (χ2v) is 4.38. The predicted octanol–water partition coefficient (Wildman–Crippen LogP) is 1.62. The Bertz CT molecular complexity index is 346. The average Bonchev–Trinajstić information content (AvgIpc) is 2.80. The zero-order chi connectivity index (χ0) is 11.4. The fourth-order valence-corrected chi connectivity index (χ4v) is 2.58. The zero-order valence-electron chi connectivity index (χ0n) is 9.83. The number of hydrogen-bond acceptors (Lipinski definition) is 3. The molecule has 1 fully saturated rings. The van der Waals surface area contributed by atoms with E-state index in [9.17, 15) is 0 Å². The molecule has 3 N–H and O–H groups in total. The molecule has 0 spiro atoms. The first-order chi connectivity index (χ1) is 7.80. The Balaban J connectivity index is 2.30. The van der Waals surface area contributed by atoms with Gasteiger partial charge in [-0.25, -0.2) is 0 Å². The molecule has 3 heteroatoms. The van der Waals surface area contributed by atoms with Gasteiger partial charge >= 0.3 is 0 Å². The standard InChI is InChI=1S/C13H20N2O/c1-16-12-5-2-4-11(10-12)13(7-8-14)6-3-9-15-13/h2,4-5,10,15H,3,6-9,14H2,1H3. The number of hydrogen-bond donors (Lipinski definition) is 2. The molecule has 1 aromatic rings. The molecule has 2 rings (SSSR count). The molecule has 88 valence electrons. The lowest BCUT2D eigenvalue weighted by Crippen LogP contribution is -2.38. The van der Waals surface area contributed by atoms with Crippen molar-refractivity contribution in [3.63, 3.8) is 0 Å². The van der Waals surface area contributed by atoms with Crippen LogP contribution in [0.25, 0.3) is 0 Å². The van der Waals surface area contributed by atoms with Gasteiger partial charge in [-0.05, 0) is 50.0 Å². The van der Waals surface area contributed by atoms with Crippen molar-refractivity contribution in [1.29, 1.82) is 0 Å². The van der Waals surface area contributed by atoms with Gasteiger partial charge in [-0.3, -0.25) is 0 Å². The third-order valence-electron chi connectivity index (χ3n) is 3.44. The zero-order valence-corrected chi connectivity index (χ0v) is 9.83. The quantitative estimate of drug-likeness (QED) is 0.810. The SMILES string of the molecule is COc1cccc(C2(CCN)CCCN2)c1. The van der Waals surface area contributed by atoms with E-state index in [4.69, 9.17) is 10.5 Å². The molecular formula is C13H20N2O. The van der Waals surface area contributed by atoms with E-state index in [1.807, 2.05) is 12.1 Å². The molecule has 0 saturated carbocycles. The van der Waals surface area contributed by atoms with Crippen LogP contribution in [0.2, 0.25) is 0 Å². The van der Waals surface area contributed by atoms with E-state index < -0.39 is 0 Å². The highest BCUT2D eigenvalue weighted by atomic mass is 16.5. The molecule has 0 amide bonds. The maximum atomic E-state index is 5.73. The van der Waals surface area contributed by atoms with Gasteiger partial charge in [0, 0.05) is 5.54 Å². The highest BCUT2D eigenvalue weighted by molar-refractivity contribution is 5.34. The van der Waals surface area contributed by atoms with Gasteiger partial charge in [-0.15, -0.1) is 0 Å². The molecule has 0 aromatic heterocycles. The highest BCUT2D eigenvalue weighted by Crippen LogP contribution is 2.35. The first-order valence-corrected chi connectivity index (χ1v) is 5.90. The second-order valence-electron chi connectivity index (χ2n) is 4.38. The van der Waals surface area contributed by atoms with E-state index in [1.54, 1.807) is 7.11 Å². The lowest BCUT2D eigenvalue weighted by Gasteiger charge is -2.30. The number of nitrogens with two attached hydrogens (primary N) is 1. The van der Waals surface area contributed by atoms with Gasteiger partial charge in [0.05, 0.1) is 7.11 Å². The fraction of sp³-hybridized carbons (Fsp3) is 0.538. The number of benzene rings is 1. The highest BCUT2D eigenvalue weighted by Gasteiger charge is 2.34. The average molecular weight is 220 g/mol. The third kappa shape index (κ3) is 2.06. The lowest BCUT2D eigenvalue weighted by molar-refractivity contribution is 0.360. The van der Waals surface area contributed by atoms with Gasteiger partial charge in [-0.1, -0.05) is 12.1 Å². The molecular weight excluding hydrogens is 200 g/mol. The summed E-state index contributed by atoms with van der Waals surface area (Å²) in [5.74, 6) is 0.919. The van der Waals surface area contributed by atoms with Crippen LogP contribution in [0, 0.1) is 0 Å². The number of nitrogens with one attached hydrogen (secondary N) is 1. The Morgan fingerprint density at radius 3 is 3.00 bits per heavy atom. The molecule has 1 heterocycles. The summed E-state index contributed by atoms with van der Waals surface area (Å²) in [5.41, 5.74) is 7.10. The summed E-state index contributed by atoms with van der Waals surface area (Å²) in [6.07, 6.45) is 3.37. The largest absolute Gasteiger partial charge is 0.497 e. The maximum Gasteiger partial charge on any atom is 0.119 e. The summed E-state index contributed by atoms with van der Waals surface area (Å²) < 4.78 is 5.28. The second kappa shape index (κ2) is 4.85. The molecule has 1 aliphatic rings. The Morgan fingerprint density at radius 1 is 1.50 bits per heavy atom. The normalized spacial score (nSPS) is 24.6. The van der Waals surface area contributed by atoms with E-state index in [-0.39, 0.29) is 5.54 Å². The molecule has 16 heavy (non-hydrogen) atoms. The summed E-state index contributed by atoms with van der Waals surface area (Å²) in [6, 6.07) is 8.31. The minimum atomic E-state index is 0.0727. The number of ether oxygens (including phenoxy) is 1. The van der Waals surface area contributed by atoms with E-state index in [0.29, 0.717) is 6.54 Å². The Morgan fingerprint density at radius 2 is 2.38 bits per heavy atom. The van der Waals surface area contributed by atoms with E-state index >= 15 is 0 Å². The predicted molar refractivity (Wildman–Crippen MR) is 65.6 cm³/mol. The summed E-state index contributed by atoms with van der Waals surface area (Å²) in [5, 5.41) is 3.60. The van der Waals surface area contributed by atoms with Crippen molar-refractivity contribution in [3.05, 3.63) is 29.8 Å². The van der Waals surface area contributed by atoms with E-state index in [0.717, 1.165) is 25.1 Å². The van der Waals surface area contributed by atoms with Gasteiger partial charge in [0.15, 0.2) is 0 Å². The molecule has 3 nitrogen and oxygen atoms in total. The Kier molecular flexibility index (Phi) is 3.46. The monoisotopic (exact) mass is 220 g/mol. The van der Waals surface area contributed by atoms with Gasteiger partial charge in [0.25, 0.3) is 0 Å². The van der Waals surface area contributed by atoms with Gasteiger partial charge in [-0.2, -0.15) is 0 Å². The smallest absolute Gasteiger partial charge is 0.119 e. The molecule has 1 saturated heterocycles. The minimum Gasteiger partial charge on any atom is -0.497 e. The third-order valence-corrected chi connectivity index (χ3v) is 3.44. The molecule has 0 radical (unpaired) electrons. The molecule has 1 atom stereocenters. The van der Waals surface area contributed by atoms with Crippen molar-refractivity contribution < 1.29 is 4.74 Å². The first-order valence-electron chi connectivity index (χ1n) is 5.90. The van der Waals surface area contributed by atoms with Gasteiger partial charge < -0.3 is 15.8 Å². The van der Waals surface area contributed by atoms with E-state index in [1.165, 1.54) is 12.0 Å². The van der Waals surface area contributed by atoms with Crippen molar-refractivity contribution in [1.82, 2.24) is 5.32 Å². The van der Waals surface area contributed by atoms with Crippen LogP contribution in [0.4, 0.5) is 0 Å². The van der Waals surface area contributed by atoms with Crippen LogP contribution >= 0.6 is 0 Å². The van der Waals surface area contributed by atoms with Crippen molar-refractivity contribution in [2.75, 3.05) is 20.2 Å². The Labute approximate surface area is 97.0 Å². The summed E-state index contributed by atoms with van der Waals surface area (Å²) >= 11 is 0. The number of rotatable bonds is 4. The summed E-state index contributed by atoms with van der Waals surface area (Å²) in [7, 11) is 1.71. The summed E-state index contributed by atoms with van der Waals surface area (Å²) in [4.78, 5) is 0. The Hall–Kier alpha value is -1.06. The van der Waals surface area contributed by atoms with Crippen LogP contribution in [-0.2, 0) is 5.54 Å². The van der Waals surface area contributed by atoms with Crippen LogP contribution in [0.5, 0.6) is 5.75 Å². The van der Waals surface area contributed by atoms with Crippen molar-refractivity contribution in [3.8, 4) is 5.75 Å².